The summed E-state index contributed by atoms with van der Waals surface area (Å²) >= 11 is 0. The van der Waals surface area contributed by atoms with E-state index in [2.05, 4.69) is 10.2 Å². The van der Waals surface area contributed by atoms with Gasteiger partial charge in [-0.1, -0.05) is 13.8 Å². The predicted octanol–water partition coefficient (Wildman–Crippen LogP) is 0.397. The number of H-pyrrole nitrogens is 1. The number of aromatic nitrogens is 2. The maximum atomic E-state index is 11.9. The molecule has 2 N–H and O–H groups in total. The monoisotopic (exact) mass is 237 g/mol. The van der Waals surface area contributed by atoms with Crippen molar-refractivity contribution >= 4 is 23.6 Å². The Labute approximate surface area is 96.4 Å². The minimum absolute atomic E-state index is 0.0305. The van der Waals surface area contributed by atoms with E-state index in [9.17, 15) is 14.4 Å². The van der Waals surface area contributed by atoms with Crippen LogP contribution in [0.5, 0.6) is 0 Å². The second kappa shape index (κ2) is 3.41. The van der Waals surface area contributed by atoms with Crippen LogP contribution in [-0.2, 0) is 9.59 Å². The third-order valence-corrected chi connectivity index (χ3v) is 2.65. The number of rotatable bonds is 2. The van der Waals surface area contributed by atoms with Crippen molar-refractivity contribution in [3.05, 3.63) is 11.8 Å². The first-order chi connectivity index (χ1) is 7.83. The lowest BCUT2D eigenvalue weighted by Crippen LogP contribution is -2.33. The highest BCUT2D eigenvalue weighted by Gasteiger charge is 2.46. The van der Waals surface area contributed by atoms with E-state index in [0.717, 1.165) is 4.90 Å². The van der Waals surface area contributed by atoms with Gasteiger partial charge in [0.05, 0.1) is 5.41 Å². The number of aromatic amines is 1. The van der Waals surface area contributed by atoms with Crippen molar-refractivity contribution in [2.45, 2.75) is 20.3 Å². The Bertz CT molecular complexity index is 517. The zero-order valence-corrected chi connectivity index (χ0v) is 9.35. The van der Waals surface area contributed by atoms with Gasteiger partial charge in [0, 0.05) is 12.5 Å². The van der Waals surface area contributed by atoms with Crippen LogP contribution in [0.1, 0.15) is 30.8 Å². The van der Waals surface area contributed by atoms with Crippen molar-refractivity contribution in [3.63, 3.8) is 0 Å². The van der Waals surface area contributed by atoms with Gasteiger partial charge < -0.3 is 5.11 Å². The van der Waals surface area contributed by atoms with Crippen molar-refractivity contribution in [2.75, 3.05) is 4.90 Å². The topological polar surface area (TPSA) is 103 Å². The summed E-state index contributed by atoms with van der Waals surface area (Å²) in [6, 6.07) is 1.17. The fourth-order valence-electron chi connectivity index (χ4n) is 1.72. The molecule has 1 fully saturated rings. The molecule has 0 spiro atoms. The summed E-state index contributed by atoms with van der Waals surface area (Å²) in [5.41, 5.74) is -0.926. The Morgan fingerprint density at radius 1 is 1.53 bits per heavy atom. The highest BCUT2D eigenvalue weighted by atomic mass is 16.4. The van der Waals surface area contributed by atoms with Gasteiger partial charge in [-0.3, -0.25) is 14.7 Å². The van der Waals surface area contributed by atoms with Gasteiger partial charge in [-0.25, -0.2) is 9.69 Å². The molecular formula is C10H11N3O4. The minimum atomic E-state index is -1.19. The number of imide groups is 1. The van der Waals surface area contributed by atoms with Crippen LogP contribution in [-0.4, -0.2) is 33.1 Å². The smallest absolute Gasteiger partial charge is 0.353 e. The molecule has 0 aromatic carbocycles. The number of hydrogen-bond acceptors (Lipinski definition) is 4. The van der Waals surface area contributed by atoms with Crippen molar-refractivity contribution in [3.8, 4) is 0 Å². The fourth-order valence-corrected chi connectivity index (χ4v) is 1.72. The summed E-state index contributed by atoms with van der Waals surface area (Å²) in [7, 11) is 0. The van der Waals surface area contributed by atoms with E-state index in [1.807, 2.05) is 0 Å². The molecule has 0 atom stereocenters. The van der Waals surface area contributed by atoms with Gasteiger partial charge in [-0.15, -0.1) is 0 Å². The van der Waals surface area contributed by atoms with Gasteiger partial charge in [0.25, 0.3) is 0 Å². The molecule has 1 aliphatic rings. The first-order valence-corrected chi connectivity index (χ1v) is 4.99. The van der Waals surface area contributed by atoms with Gasteiger partial charge >= 0.3 is 5.97 Å². The predicted molar refractivity (Wildman–Crippen MR) is 56.4 cm³/mol. The van der Waals surface area contributed by atoms with E-state index in [1.54, 1.807) is 13.8 Å². The van der Waals surface area contributed by atoms with E-state index >= 15 is 0 Å². The van der Waals surface area contributed by atoms with Crippen LogP contribution in [0.4, 0.5) is 5.82 Å². The summed E-state index contributed by atoms with van der Waals surface area (Å²) in [4.78, 5) is 35.2. The molecule has 0 bridgehead atoms. The fraction of sp³-hybridized carbons (Fsp3) is 0.400. The number of hydrogen-bond donors (Lipinski definition) is 2. The third kappa shape index (κ3) is 1.69. The van der Waals surface area contributed by atoms with E-state index in [4.69, 9.17) is 5.11 Å². The molecule has 1 aromatic heterocycles. The lowest BCUT2D eigenvalue weighted by molar-refractivity contribution is -0.124. The molecule has 7 nitrogen and oxygen atoms in total. The summed E-state index contributed by atoms with van der Waals surface area (Å²) < 4.78 is 0. The number of carboxylic acids is 1. The van der Waals surface area contributed by atoms with Crippen molar-refractivity contribution < 1.29 is 19.5 Å². The first kappa shape index (κ1) is 11.3. The van der Waals surface area contributed by atoms with E-state index in [0.29, 0.717) is 0 Å². The van der Waals surface area contributed by atoms with Crippen LogP contribution >= 0.6 is 0 Å². The highest BCUT2D eigenvalue weighted by Crippen LogP contribution is 2.34. The maximum Gasteiger partial charge on any atom is 0.353 e. The molecule has 7 heteroatoms. The average molecular weight is 237 g/mol. The summed E-state index contributed by atoms with van der Waals surface area (Å²) in [6.45, 7) is 3.33. The lowest BCUT2D eigenvalue weighted by Gasteiger charge is -2.14. The molecule has 2 rings (SSSR count). The van der Waals surface area contributed by atoms with E-state index < -0.39 is 11.4 Å². The zero-order chi connectivity index (χ0) is 12.8. The summed E-state index contributed by atoms with van der Waals surface area (Å²) in [5, 5.41) is 14.6. The Hall–Kier alpha value is -2.18. The van der Waals surface area contributed by atoms with E-state index in [1.165, 1.54) is 6.07 Å². The normalized spacial score (nSPS) is 18.8. The molecular weight excluding hydrogens is 226 g/mol. The van der Waals surface area contributed by atoms with Gasteiger partial charge in [0.1, 0.15) is 5.69 Å². The molecule has 2 heterocycles. The van der Waals surface area contributed by atoms with Gasteiger partial charge in [-0.05, 0) is 0 Å². The molecule has 90 valence electrons. The van der Waals surface area contributed by atoms with Gasteiger partial charge in [0.15, 0.2) is 5.82 Å². The maximum absolute atomic E-state index is 11.9. The number of carboxylic acid groups (broad SMARTS) is 1. The third-order valence-electron chi connectivity index (χ3n) is 2.65. The largest absolute Gasteiger partial charge is 0.477 e. The van der Waals surface area contributed by atoms with Crippen LogP contribution < -0.4 is 4.90 Å². The van der Waals surface area contributed by atoms with Gasteiger partial charge in [0.2, 0.25) is 11.8 Å². The number of nitrogens with one attached hydrogen (secondary N) is 1. The van der Waals surface area contributed by atoms with E-state index in [-0.39, 0.29) is 29.7 Å². The molecule has 1 saturated heterocycles. The Morgan fingerprint density at radius 3 is 2.59 bits per heavy atom. The molecule has 0 radical (unpaired) electrons. The quantitative estimate of drug-likeness (QED) is 0.724. The van der Waals surface area contributed by atoms with Crippen LogP contribution in [0.25, 0.3) is 0 Å². The van der Waals surface area contributed by atoms with Crippen LogP contribution in [0.3, 0.4) is 0 Å². The number of anilines is 1. The van der Waals surface area contributed by atoms with Crippen molar-refractivity contribution in [2.24, 2.45) is 5.41 Å². The molecule has 0 saturated carbocycles. The Kier molecular flexibility index (Phi) is 2.27. The minimum Gasteiger partial charge on any atom is -0.477 e. The molecule has 1 aliphatic heterocycles. The molecule has 0 unspecified atom stereocenters. The summed E-state index contributed by atoms with van der Waals surface area (Å²) in [5.74, 6) is -1.90. The number of nitrogens with zero attached hydrogens (tertiary/aromatic N) is 2. The highest BCUT2D eigenvalue weighted by molar-refractivity contribution is 6.21. The molecule has 17 heavy (non-hydrogen) atoms. The van der Waals surface area contributed by atoms with Crippen LogP contribution in [0, 0.1) is 5.41 Å². The zero-order valence-electron chi connectivity index (χ0n) is 9.35. The SMILES string of the molecule is CC1(C)CC(=O)N(c2cc(C(=O)O)[nH]n2)C1=O. The molecule has 1 aromatic rings. The average Bonchev–Trinajstić information content (AvgIpc) is 2.72. The second-order valence-electron chi connectivity index (χ2n) is 4.54. The molecule has 0 aliphatic carbocycles. The lowest BCUT2D eigenvalue weighted by atomic mass is 9.92. The Balaban J connectivity index is 2.37. The number of carbonyl (C=O) groups is 3. The van der Waals surface area contributed by atoms with Crippen LogP contribution in [0.15, 0.2) is 6.07 Å². The number of carbonyl (C=O) groups excluding carboxylic acids is 2. The van der Waals surface area contributed by atoms with Crippen molar-refractivity contribution in [1.82, 2.24) is 10.2 Å². The number of aromatic carboxylic acids is 1. The summed E-state index contributed by atoms with van der Waals surface area (Å²) in [6.07, 6.45) is 0.0983. The van der Waals surface area contributed by atoms with Crippen LogP contribution in [0.2, 0.25) is 0 Å². The molecule has 2 amide bonds. The number of amides is 2. The first-order valence-electron chi connectivity index (χ1n) is 4.99. The Morgan fingerprint density at radius 2 is 2.18 bits per heavy atom. The standard InChI is InChI=1S/C10H11N3O4/c1-10(2)4-7(14)13(9(10)17)6-3-5(8(15)16)11-12-6/h3H,4H2,1-2H3,(H,11,12)(H,15,16). The van der Waals surface area contributed by atoms with Crippen molar-refractivity contribution in [1.29, 1.82) is 0 Å². The second-order valence-corrected chi connectivity index (χ2v) is 4.54. The van der Waals surface area contributed by atoms with Gasteiger partial charge in [-0.2, -0.15) is 5.10 Å².